The van der Waals surface area contributed by atoms with Crippen molar-refractivity contribution in [1.82, 2.24) is 17.8 Å². The number of benzene rings is 2. The summed E-state index contributed by atoms with van der Waals surface area (Å²) < 4.78 is 12.0. The number of rotatable bonds is 6. The molecule has 0 spiro atoms. The van der Waals surface area contributed by atoms with Gasteiger partial charge in [0.15, 0.2) is 11.5 Å². The minimum Gasteiger partial charge on any atom is -0.282 e. The maximum atomic E-state index is 4.78. The number of aryl methyl sites for hydroxylation is 2. The second-order valence-corrected chi connectivity index (χ2v) is 8.74. The van der Waals surface area contributed by atoms with E-state index in [4.69, 9.17) is 4.98 Å². The van der Waals surface area contributed by atoms with Gasteiger partial charge in [0.1, 0.15) is 21.3 Å². The van der Waals surface area contributed by atoms with Crippen LogP contribution in [-0.4, -0.2) is 20.0 Å². The molecule has 0 fully saturated rings. The molecule has 0 unspecified atom stereocenters. The van der Waals surface area contributed by atoms with E-state index in [0.29, 0.717) is 0 Å². The maximum Gasteiger partial charge on any atom is 0.187 e. The number of halogens is 1. The molecule has 1 aliphatic rings. The van der Waals surface area contributed by atoms with Gasteiger partial charge in [-0.05, 0) is 29.5 Å². The number of amidine groups is 1. The highest BCUT2D eigenvalue weighted by Gasteiger charge is 2.13. The lowest BCUT2D eigenvalue weighted by Crippen LogP contribution is -2.05. The third-order valence-corrected chi connectivity index (χ3v) is 6.59. The fraction of sp³-hybridized carbons (Fsp3) is 0.217. The molecule has 0 aliphatic carbocycles. The normalized spacial score (nSPS) is 13.3. The van der Waals surface area contributed by atoms with Crippen LogP contribution in [0.25, 0.3) is 16.8 Å². The molecule has 3 heterocycles. The molecular weight excluding hydrogens is 487 g/mol. The van der Waals surface area contributed by atoms with Crippen LogP contribution in [0.3, 0.4) is 0 Å². The third-order valence-electron chi connectivity index (χ3n) is 5.44. The molecule has 2 aromatic carbocycles. The lowest BCUT2D eigenvalue weighted by molar-refractivity contribution is 0.640. The molecule has 4 aromatic rings. The summed E-state index contributed by atoms with van der Waals surface area (Å²) in [5.41, 5.74) is 8.20. The summed E-state index contributed by atoms with van der Waals surface area (Å²) in [5.74, 6) is 0.816. The molecule has 0 saturated heterocycles. The molecule has 2 aromatic heterocycles. The Hall–Kier alpha value is -2.81. The maximum absolute atomic E-state index is 4.78. The minimum absolute atomic E-state index is 0.394. The van der Waals surface area contributed by atoms with Crippen LogP contribution in [0.2, 0.25) is 0 Å². The van der Waals surface area contributed by atoms with Gasteiger partial charge in [-0.15, -0.1) is 5.10 Å². The highest BCUT2D eigenvalue weighted by Crippen LogP contribution is 2.27. The predicted molar refractivity (Wildman–Crippen MR) is 129 cm³/mol. The van der Waals surface area contributed by atoms with Crippen molar-refractivity contribution in [1.29, 1.82) is 0 Å². The summed E-state index contributed by atoms with van der Waals surface area (Å²) >= 11 is -0.394. The summed E-state index contributed by atoms with van der Waals surface area (Å²) in [6.07, 6.45) is 6.31. The molecule has 0 amide bonds. The van der Waals surface area contributed by atoms with Gasteiger partial charge in [0.05, 0.1) is 18.4 Å². The first-order valence-electron chi connectivity index (χ1n) is 10.2. The van der Waals surface area contributed by atoms with Crippen LogP contribution in [-0.2, 0) is 19.4 Å². The average molecular weight is 510 g/mol. The average Bonchev–Trinajstić information content (AvgIpc) is 3.52. The molecule has 0 atom stereocenters. The quantitative estimate of drug-likeness (QED) is 0.283. The number of hydrogen-bond donors (Lipinski definition) is 1. The molecular formula is C23H23IN6. The number of fused-ring (bicyclic) bond motifs is 1. The van der Waals surface area contributed by atoms with E-state index in [1.165, 1.54) is 16.7 Å². The van der Waals surface area contributed by atoms with Crippen LogP contribution in [0.15, 0.2) is 69.2 Å². The fourth-order valence-corrected chi connectivity index (χ4v) is 4.86. The monoisotopic (exact) mass is 510 g/mol. The van der Waals surface area contributed by atoms with Gasteiger partial charge in [-0.2, -0.15) is 3.15 Å². The van der Waals surface area contributed by atoms with Crippen molar-refractivity contribution in [3.63, 3.8) is 0 Å². The predicted octanol–water partition coefficient (Wildman–Crippen LogP) is 5.31. The van der Waals surface area contributed by atoms with Crippen LogP contribution in [0.4, 0.5) is 0 Å². The molecule has 6 nitrogen and oxygen atoms in total. The van der Waals surface area contributed by atoms with E-state index in [0.717, 1.165) is 47.7 Å². The Bertz CT molecular complexity index is 1260. The Kier molecular flexibility index (Phi) is 5.20. The zero-order valence-electron chi connectivity index (χ0n) is 17.0. The third kappa shape index (κ3) is 3.47. The SMILES string of the molecule is CCc1cn2c(n1)c(CC)cn2Cc1ccc(-c2ccccc2C2=NNI=N2)cc1. The van der Waals surface area contributed by atoms with Crippen molar-refractivity contribution in [3.05, 3.63) is 83.3 Å². The van der Waals surface area contributed by atoms with Gasteiger partial charge in [0.2, 0.25) is 0 Å². The first-order chi connectivity index (χ1) is 14.8. The molecule has 1 N–H and O–H groups in total. The van der Waals surface area contributed by atoms with E-state index in [2.05, 4.69) is 89.8 Å². The van der Waals surface area contributed by atoms with E-state index in [9.17, 15) is 0 Å². The van der Waals surface area contributed by atoms with Gasteiger partial charge < -0.3 is 0 Å². The summed E-state index contributed by atoms with van der Waals surface area (Å²) in [6.45, 7) is 5.15. The zero-order chi connectivity index (χ0) is 20.5. The topological polar surface area (TPSA) is 59.0 Å². The van der Waals surface area contributed by atoms with E-state index in [1.807, 2.05) is 6.07 Å². The van der Waals surface area contributed by atoms with Crippen molar-refractivity contribution >= 4 is 32.8 Å². The number of aromatic nitrogens is 3. The van der Waals surface area contributed by atoms with E-state index in [-0.39, 0.29) is 0 Å². The van der Waals surface area contributed by atoms with Gasteiger partial charge in [-0.3, -0.25) is 4.68 Å². The summed E-state index contributed by atoms with van der Waals surface area (Å²) in [6, 6.07) is 17.1. The van der Waals surface area contributed by atoms with Crippen molar-refractivity contribution in [2.75, 3.05) is 0 Å². The fourth-order valence-electron chi connectivity index (χ4n) is 3.82. The number of nitrogens with zero attached hydrogens (tertiary/aromatic N) is 5. The van der Waals surface area contributed by atoms with Crippen molar-refractivity contribution < 1.29 is 0 Å². The Labute approximate surface area is 186 Å². The Balaban J connectivity index is 1.45. The standard InChI is InChI=1S/C23H23IN6/c1-3-17-14-29(30-15-19(4-2)25-23(17)30)13-16-9-11-18(12-10-16)20-7-5-6-8-21(20)22-26-24-28-27-22/h5-12,14-15H,3-4,13H2,1-2H3,(H,26,27,28). The van der Waals surface area contributed by atoms with E-state index >= 15 is 0 Å². The molecule has 30 heavy (non-hydrogen) atoms. The van der Waals surface area contributed by atoms with Gasteiger partial charge in [0, 0.05) is 17.3 Å². The summed E-state index contributed by atoms with van der Waals surface area (Å²) in [4.78, 5) is 4.78. The van der Waals surface area contributed by atoms with Crippen molar-refractivity contribution in [3.8, 4) is 11.1 Å². The number of nitrogens with one attached hydrogen (secondary N) is 1. The van der Waals surface area contributed by atoms with Crippen LogP contribution >= 0.6 is 21.3 Å². The number of hydrazone groups is 1. The molecule has 0 saturated carbocycles. The van der Waals surface area contributed by atoms with Crippen molar-refractivity contribution in [2.45, 2.75) is 33.2 Å². The highest BCUT2D eigenvalue weighted by molar-refractivity contribution is 14.1. The minimum atomic E-state index is -0.394. The van der Waals surface area contributed by atoms with E-state index < -0.39 is 21.3 Å². The van der Waals surface area contributed by atoms with Crippen LogP contribution in [0.1, 0.15) is 36.2 Å². The highest BCUT2D eigenvalue weighted by atomic mass is 127. The second-order valence-electron chi connectivity index (χ2n) is 7.29. The first-order valence-corrected chi connectivity index (χ1v) is 12.2. The molecule has 5 rings (SSSR count). The molecule has 152 valence electrons. The molecule has 0 bridgehead atoms. The Morgan fingerprint density at radius 3 is 2.43 bits per heavy atom. The molecule has 0 radical (unpaired) electrons. The lowest BCUT2D eigenvalue weighted by atomic mass is 9.98. The molecule has 1 aliphatic heterocycles. The number of imidazole rings is 1. The van der Waals surface area contributed by atoms with Crippen LogP contribution in [0.5, 0.6) is 0 Å². The Morgan fingerprint density at radius 2 is 1.73 bits per heavy atom. The first kappa shape index (κ1) is 19.2. The van der Waals surface area contributed by atoms with Gasteiger partial charge >= 0.3 is 0 Å². The van der Waals surface area contributed by atoms with Gasteiger partial charge in [-0.25, -0.2) is 13.1 Å². The Morgan fingerprint density at radius 1 is 0.933 bits per heavy atom. The van der Waals surface area contributed by atoms with E-state index in [1.54, 1.807) is 0 Å². The second kappa shape index (κ2) is 8.14. The lowest BCUT2D eigenvalue weighted by Gasteiger charge is -2.10. The van der Waals surface area contributed by atoms with Crippen LogP contribution < -0.4 is 3.64 Å². The summed E-state index contributed by atoms with van der Waals surface area (Å²) in [5, 5.41) is 4.35. The van der Waals surface area contributed by atoms with Crippen molar-refractivity contribution in [2.24, 2.45) is 8.25 Å². The van der Waals surface area contributed by atoms with Crippen LogP contribution in [0, 0.1) is 0 Å². The van der Waals surface area contributed by atoms with Gasteiger partial charge in [-0.1, -0.05) is 62.4 Å². The smallest absolute Gasteiger partial charge is 0.187 e. The zero-order valence-corrected chi connectivity index (χ0v) is 19.2. The largest absolute Gasteiger partial charge is 0.282 e. The van der Waals surface area contributed by atoms with Gasteiger partial charge in [0.25, 0.3) is 0 Å². The summed E-state index contributed by atoms with van der Waals surface area (Å²) in [7, 11) is 0. The number of hydrogen-bond acceptors (Lipinski definition) is 4. The molecule has 7 heteroatoms.